The minimum atomic E-state index is -3.40. The summed E-state index contributed by atoms with van der Waals surface area (Å²) in [6.45, 7) is 5.82. The molecule has 0 unspecified atom stereocenters. The first-order chi connectivity index (χ1) is 11.6. The van der Waals surface area contributed by atoms with Gasteiger partial charge in [-0.15, -0.1) is 5.10 Å². The van der Waals surface area contributed by atoms with E-state index in [1.54, 1.807) is 28.6 Å². The molecule has 1 saturated heterocycles. The molecule has 0 amide bonds. The monoisotopic (exact) mass is 350 g/mol. The molecule has 0 saturated carbocycles. The average molecular weight is 350 g/mol. The van der Waals surface area contributed by atoms with Crippen LogP contribution in [0.25, 0.3) is 0 Å². The van der Waals surface area contributed by atoms with Gasteiger partial charge in [-0.2, -0.15) is 4.31 Å². The molecule has 1 aliphatic rings. The molecule has 0 N–H and O–H groups in total. The molecular weight excluding hydrogens is 328 g/mol. The topological polar surface area (TPSA) is 84.2 Å². The number of hydrogen-bond donors (Lipinski definition) is 0. The lowest BCUT2D eigenvalue weighted by Gasteiger charge is -2.33. The van der Waals surface area contributed by atoms with Crippen LogP contribution in [0.3, 0.4) is 0 Å². The van der Waals surface area contributed by atoms with Crippen molar-refractivity contribution in [1.29, 1.82) is 0 Å². The minimum absolute atomic E-state index is 0.352. The zero-order chi connectivity index (χ0) is 17.0. The number of rotatable bonds is 6. The molecule has 0 radical (unpaired) electrons. The largest absolute Gasteiger partial charge is 0.293 e. The zero-order valence-corrected chi connectivity index (χ0v) is 14.6. The van der Waals surface area contributed by atoms with Crippen LogP contribution >= 0.6 is 0 Å². The summed E-state index contributed by atoms with van der Waals surface area (Å²) in [5, 5.41) is 11.8. The van der Waals surface area contributed by atoms with Crippen LogP contribution in [0.1, 0.15) is 19.2 Å². The predicted octanol–water partition coefficient (Wildman–Crippen LogP) is 0.590. The third-order valence-corrected chi connectivity index (χ3v) is 6.03. The Morgan fingerprint density at radius 2 is 1.79 bits per heavy atom. The SMILES string of the molecule is CCCn1nnnc1CN1CCN(S(=O)(=O)c2ccccc2)CC1. The molecule has 1 aliphatic heterocycles. The summed E-state index contributed by atoms with van der Waals surface area (Å²) in [4.78, 5) is 2.54. The lowest BCUT2D eigenvalue weighted by Crippen LogP contribution is -2.48. The van der Waals surface area contributed by atoms with Gasteiger partial charge in [-0.25, -0.2) is 13.1 Å². The fraction of sp³-hybridized carbons (Fsp3) is 0.533. The Labute approximate surface area is 142 Å². The predicted molar refractivity (Wildman–Crippen MR) is 88.6 cm³/mol. The number of sulfonamides is 1. The number of hydrogen-bond acceptors (Lipinski definition) is 6. The van der Waals surface area contributed by atoms with E-state index in [0.717, 1.165) is 18.8 Å². The van der Waals surface area contributed by atoms with Crippen LogP contribution in [0, 0.1) is 0 Å². The Kier molecular flexibility index (Phi) is 5.22. The van der Waals surface area contributed by atoms with E-state index in [2.05, 4.69) is 27.3 Å². The number of piperazine rings is 1. The standard InChI is InChI=1S/C15H22N6O2S/c1-2-8-21-15(16-17-18-21)13-19-9-11-20(12-10-19)24(22,23)14-6-4-3-5-7-14/h3-7H,2,8-13H2,1H3. The number of nitrogens with zero attached hydrogens (tertiary/aromatic N) is 6. The van der Waals surface area contributed by atoms with Gasteiger partial charge < -0.3 is 0 Å². The molecular formula is C15H22N6O2S. The number of benzene rings is 1. The van der Waals surface area contributed by atoms with Crippen molar-refractivity contribution in [2.75, 3.05) is 26.2 Å². The molecule has 24 heavy (non-hydrogen) atoms. The summed E-state index contributed by atoms with van der Waals surface area (Å²) in [6.07, 6.45) is 0.973. The van der Waals surface area contributed by atoms with E-state index in [0.29, 0.717) is 37.6 Å². The summed E-state index contributed by atoms with van der Waals surface area (Å²) in [6, 6.07) is 8.59. The summed E-state index contributed by atoms with van der Waals surface area (Å²) in [5.74, 6) is 0.830. The number of aromatic nitrogens is 4. The van der Waals surface area contributed by atoms with Crippen LogP contribution in [0.4, 0.5) is 0 Å². The highest BCUT2D eigenvalue weighted by molar-refractivity contribution is 7.89. The van der Waals surface area contributed by atoms with Gasteiger partial charge in [0.1, 0.15) is 0 Å². The third kappa shape index (κ3) is 3.63. The van der Waals surface area contributed by atoms with Crippen molar-refractivity contribution in [3.63, 3.8) is 0 Å². The molecule has 9 heteroatoms. The van der Waals surface area contributed by atoms with Crippen LogP contribution in [0.5, 0.6) is 0 Å². The molecule has 0 bridgehead atoms. The second-order valence-corrected chi connectivity index (χ2v) is 7.75. The smallest absolute Gasteiger partial charge is 0.243 e. The van der Waals surface area contributed by atoms with Crippen molar-refractivity contribution in [1.82, 2.24) is 29.4 Å². The van der Waals surface area contributed by atoms with E-state index < -0.39 is 10.0 Å². The van der Waals surface area contributed by atoms with Crippen molar-refractivity contribution in [3.8, 4) is 0 Å². The van der Waals surface area contributed by atoms with Gasteiger partial charge >= 0.3 is 0 Å². The van der Waals surface area contributed by atoms with Crippen molar-refractivity contribution in [2.24, 2.45) is 0 Å². The third-order valence-electron chi connectivity index (χ3n) is 4.12. The first-order valence-corrected chi connectivity index (χ1v) is 9.58. The average Bonchev–Trinajstić information content (AvgIpc) is 3.03. The van der Waals surface area contributed by atoms with E-state index in [4.69, 9.17) is 0 Å². The van der Waals surface area contributed by atoms with Crippen LogP contribution in [0.2, 0.25) is 0 Å². The van der Waals surface area contributed by atoms with Gasteiger partial charge in [0.05, 0.1) is 11.4 Å². The Balaban J connectivity index is 1.61. The normalized spacial score (nSPS) is 17.2. The minimum Gasteiger partial charge on any atom is -0.293 e. The maximum atomic E-state index is 12.6. The first-order valence-electron chi connectivity index (χ1n) is 8.14. The highest BCUT2D eigenvalue weighted by Gasteiger charge is 2.28. The molecule has 2 heterocycles. The maximum absolute atomic E-state index is 12.6. The summed E-state index contributed by atoms with van der Waals surface area (Å²) in [5.41, 5.74) is 0. The van der Waals surface area contributed by atoms with E-state index >= 15 is 0 Å². The molecule has 3 rings (SSSR count). The molecule has 0 spiro atoms. The lowest BCUT2D eigenvalue weighted by atomic mass is 10.3. The van der Waals surface area contributed by atoms with Crippen molar-refractivity contribution in [2.45, 2.75) is 31.3 Å². The van der Waals surface area contributed by atoms with Gasteiger partial charge in [-0.3, -0.25) is 4.90 Å². The second-order valence-electron chi connectivity index (χ2n) is 5.81. The van der Waals surface area contributed by atoms with Crippen molar-refractivity contribution < 1.29 is 8.42 Å². The fourth-order valence-corrected chi connectivity index (χ4v) is 4.23. The van der Waals surface area contributed by atoms with E-state index in [1.165, 1.54) is 0 Å². The van der Waals surface area contributed by atoms with Gasteiger partial charge in [0.2, 0.25) is 10.0 Å². The van der Waals surface area contributed by atoms with E-state index in [1.807, 2.05) is 10.7 Å². The fourth-order valence-electron chi connectivity index (χ4n) is 2.79. The van der Waals surface area contributed by atoms with Crippen LogP contribution < -0.4 is 0 Å². The molecule has 130 valence electrons. The molecule has 0 atom stereocenters. The van der Waals surface area contributed by atoms with Crippen LogP contribution in [-0.2, 0) is 23.1 Å². The van der Waals surface area contributed by atoms with Crippen LogP contribution in [0.15, 0.2) is 35.2 Å². The number of aryl methyl sites for hydroxylation is 1. The van der Waals surface area contributed by atoms with Crippen molar-refractivity contribution in [3.05, 3.63) is 36.2 Å². The molecule has 1 aromatic heterocycles. The molecule has 8 nitrogen and oxygen atoms in total. The highest BCUT2D eigenvalue weighted by atomic mass is 32.2. The maximum Gasteiger partial charge on any atom is 0.243 e. The second kappa shape index (κ2) is 7.37. The first kappa shape index (κ1) is 17.0. The molecule has 0 aliphatic carbocycles. The van der Waals surface area contributed by atoms with Gasteiger partial charge in [0, 0.05) is 32.7 Å². The molecule has 2 aromatic rings. The molecule has 1 fully saturated rings. The summed E-state index contributed by atoms with van der Waals surface area (Å²) < 4.78 is 28.6. The quantitative estimate of drug-likeness (QED) is 0.758. The summed E-state index contributed by atoms with van der Waals surface area (Å²) in [7, 11) is -3.40. The zero-order valence-electron chi connectivity index (χ0n) is 13.7. The Morgan fingerprint density at radius 3 is 2.46 bits per heavy atom. The van der Waals surface area contributed by atoms with Gasteiger partial charge in [0.25, 0.3) is 0 Å². The number of tetrazole rings is 1. The lowest BCUT2D eigenvalue weighted by molar-refractivity contribution is 0.175. The van der Waals surface area contributed by atoms with Crippen LogP contribution in [-0.4, -0.2) is 64.0 Å². The molecule has 1 aromatic carbocycles. The van der Waals surface area contributed by atoms with E-state index in [9.17, 15) is 8.42 Å². The summed E-state index contributed by atoms with van der Waals surface area (Å²) >= 11 is 0. The van der Waals surface area contributed by atoms with Gasteiger partial charge in [0.15, 0.2) is 5.82 Å². The van der Waals surface area contributed by atoms with Gasteiger partial charge in [-0.05, 0) is 29.0 Å². The Hall–Kier alpha value is -1.84. The van der Waals surface area contributed by atoms with Gasteiger partial charge in [-0.1, -0.05) is 25.1 Å². The van der Waals surface area contributed by atoms with E-state index in [-0.39, 0.29) is 0 Å². The Bertz CT molecular complexity index is 753. The Morgan fingerprint density at radius 1 is 1.08 bits per heavy atom. The highest BCUT2D eigenvalue weighted by Crippen LogP contribution is 2.17. The van der Waals surface area contributed by atoms with Crippen molar-refractivity contribution >= 4 is 10.0 Å².